The van der Waals surface area contributed by atoms with E-state index in [-0.39, 0.29) is 5.91 Å². The van der Waals surface area contributed by atoms with Crippen molar-refractivity contribution in [2.24, 2.45) is 5.92 Å². The summed E-state index contributed by atoms with van der Waals surface area (Å²) in [6.45, 7) is 1.44. The number of methoxy groups -OCH3 is 1. The monoisotopic (exact) mass is 277 g/mol. The SMILES string of the molecule is COCc1ccc(C(=O)N2CCCC(C(=O)O)C2)cc1. The van der Waals surface area contributed by atoms with Crippen LogP contribution in [0.15, 0.2) is 24.3 Å². The van der Waals surface area contributed by atoms with Crippen LogP contribution in [0.25, 0.3) is 0 Å². The number of hydrogen-bond acceptors (Lipinski definition) is 3. The molecule has 5 nitrogen and oxygen atoms in total. The number of carbonyl (C=O) groups excluding carboxylic acids is 1. The molecule has 1 aliphatic rings. The van der Waals surface area contributed by atoms with E-state index in [1.807, 2.05) is 12.1 Å². The van der Waals surface area contributed by atoms with E-state index in [0.29, 0.717) is 31.7 Å². The first-order valence-electron chi connectivity index (χ1n) is 6.71. The Kier molecular flexibility index (Phi) is 4.74. The van der Waals surface area contributed by atoms with Gasteiger partial charge in [0.05, 0.1) is 12.5 Å². The molecule has 5 heteroatoms. The molecule has 1 amide bonds. The van der Waals surface area contributed by atoms with Crippen molar-refractivity contribution in [3.8, 4) is 0 Å². The Labute approximate surface area is 118 Å². The minimum Gasteiger partial charge on any atom is -0.481 e. The standard InChI is InChI=1S/C15H19NO4/c1-20-10-11-4-6-12(7-5-11)14(17)16-8-2-3-13(9-16)15(18)19/h4-7,13H,2-3,8-10H2,1H3,(H,18,19). The van der Waals surface area contributed by atoms with E-state index >= 15 is 0 Å². The Hall–Kier alpha value is -1.88. The number of benzene rings is 1. The van der Waals surface area contributed by atoms with Crippen molar-refractivity contribution >= 4 is 11.9 Å². The maximum Gasteiger partial charge on any atom is 0.308 e. The predicted octanol–water partition coefficient (Wildman–Crippen LogP) is 1.77. The summed E-state index contributed by atoms with van der Waals surface area (Å²) in [5.74, 6) is -1.36. The molecule has 2 rings (SSSR count). The van der Waals surface area contributed by atoms with Crippen molar-refractivity contribution in [3.05, 3.63) is 35.4 Å². The van der Waals surface area contributed by atoms with Gasteiger partial charge in [-0.3, -0.25) is 9.59 Å². The molecule has 1 fully saturated rings. The quantitative estimate of drug-likeness (QED) is 0.910. The Balaban J connectivity index is 2.04. The smallest absolute Gasteiger partial charge is 0.308 e. The number of carbonyl (C=O) groups is 2. The minimum atomic E-state index is -0.821. The van der Waals surface area contributed by atoms with Crippen LogP contribution >= 0.6 is 0 Å². The molecule has 0 radical (unpaired) electrons. The van der Waals surface area contributed by atoms with Crippen LogP contribution in [-0.2, 0) is 16.1 Å². The number of carboxylic acids is 1. The highest BCUT2D eigenvalue weighted by molar-refractivity contribution is 5.94. The van der Waals surface area contributed by atoms with Gasteiger partial charge in [-0.05, 0) is 30.5 Å². The van der Waals surface area contributed by atoms with E-state index in [2.05, 4.69) is 0 Å². The average molecular weight is 277 g/mol. The van der Waals surface area contributed by atoms with Crippen LogP contribution in [0.3, 0.4) is 0 Å². The van der Waals surface area contributed by atoms with Crippen molar-refractivity contribution in [1.29, 1.82) is 0 Å². The van der Waals surface area contributed by atoms with Gasteiger partial charge in [-0.1, -0.05) is 12.1 Å². The van der Waals surface area contributed by atoms with Crippen LogP contribution in [0.2, 0.25) is 0 Å². The highest BCUT2D eigenvalue weighted by Crippen LogP contribution is 2.19. The average Bonchev–Trinajstić information content (AvgIpc) is 2.48. The molecule has 1 saturated heterocycles. The molecule has 0 bridgehead atoms. The first-order chi connectivity index (χ1) is 9.61. The lowest BCUT2D eigenvalue weighted by molar-refractivity contribution is -0.143. The van der Waals surface area contributed by atoms with Crippen LogP contribution in [-0.4, -0.2) is 42.1 Å². The summed E-state index contributed by atoms with van der Waals surface area (Å²) in [6, 6.07) is 7.24. The van der Waals surface area contributed by atoms with Gasteiger partial charge in [0.25, 0.3) is 5.91 Å². The third kappa shape index (κ3) is 3.36. The number of likely N-dealkylation sites (tertiary alicyclic amines) is 1. The second-order valence-electron chi connectivity index (χ2n) is 5.06. The van der Waals surface area contributed by atoms with Crippen LogP contribution in [0.4, 0.5) is 0 Å². The number of ether oxygens (including phenoxy) is 1. The molecule has 0 aromatic heterocycles. The Morgan fingerprint density at radius 3 is 2.65 bits per heavy atom. The van der Waals surface area contributed by atoms with Gasteiger partial charge in [-0.2, -0.15) is 0 Å². The molecule has 0 aliphatic carbocycles. The van der Waals surface area contributed by atoms with Crippen molar-refractivity contribution in [2.45, 2.75) is 19.4 Å². The van der Waals surface area contributed by atoms with Crippen molar-refractivity contribution in [1.82, 2.24) is 4.90 Å². The first kappa shape index (κ1) is 14.5. The Morgan fingerprint density at radius 1 is 1.35 bits per heavy atom. The molecule has 1 unspecified atom stereocenters. The van der Waals surface area contributed by atoms with Gasteiger partial charge < -0.3 is 14.7 Å². The summed E-state index contributed by atoms with van der Waals surface area (Å²) >= 11 is 0. The summed E-state index contributed by atoms with van der Waals surface area (Å²) in [4.78, 5) is 25.0. The number of carboxylic acid groups (broad SMARTS) is 1. The van der Waals surface area contributed by atoms with E-state index in [4.69, 9.17) is 9.84 Å². The van der Waals surface area contributed by atoms with Crippen molar-refractivity contribution in [2.75, 3.05) is 20.2 Å². The van der Waals surface area contributed by atoms with Gasteiger partial charge in [0.15, 0.2) is 0 Å². The van der Waals surface area contributed by atoms with E-state index < -0.39 is 11.9 Å². The Morgan fingerprint density at radius 2 is 2.05 bits per heavy atom. The van der Waals surface area contributed by atoms with Gasteiger partial charge in [0, 0.05) is 25.8 Å². The van der Waals surface area contributed by atoms with Gasteiger partial charge in [0.1, 0.15) is 0 Å². The summed E-state index contributed by atoms with van der Waals surface area (Å²) < 4.78 is 5.02. The molecular weight excluding hydrogens is 258 g/mol. The van der Waals surface area contributed by atoms with Crippen LogP contribution < -0.4 is 0 Å². The lowest BCUT2D eigenvalue weighted by atomic mass is 9.97. The number of nitrogens with zero attached hydrogens (tertiary/aromatic N) is 1. The Bertz CT molecular complexity index is 483. The molecule has 1 aliphatic heterocycles. The molecule has 0 spiro atoms. The topological polar surface area (TPSA) is 66.8 Å². The number of hydrogen-bond donors (Lipinski definition) is 1. The molecule has 1 aromatic rings. The lowest BCUT2D eigenvalue weighted by Crippen LogP contribution is -2.42. The maximum atomic E-state index is 12.3. The molecule has 1 N–H and O–H groups in total. The fourth-order valence-corrected chi connectivity index (χ4v) is 2.46. The van der Waals surface area contributed by atoms with E-state index in [1.165, 1.54) is 0 Å². The summed E-state index contributed by atoms with van der Waals surface area (Å²) in [5.41, 5.74) is 1.60. The number of amides is 1. The summed E-state index contributed by atoms with van der Waals surface area (Å²) in [5, 5.41) is 9.05. The third-order valence-corrected chi connectivity index (χ3v) is 3.57. The number of rotatable bonds is 4. The summed E-state index contributed by atoms with van der Waals surface area (Å²) in [7, 11) is 1.62. The fourth-order valence-electron chi connectivity index (χ4n) is 2.46. The van der Waals surface area contributed by atoms with Crippen LogP contribution in [0.5, 0.6) is 0 Å². The van der Waals surface area contributed by atoms with E-state index in [9.17, 15) is 9.59 Å². The van der Waals surface area contributed by atoms with Crippen molar-refractivity contribution in [3.63, 3.8) is 0 Å². The number of aliphatic carboxylic acids is 1. The van der Waals surface area contributed by atoms with Gasteiger partial charge in [-0.15, -0.1) is 0 Å². The zero-order valence-corrected chi connectivity index (χ0v) is 11.5. The lowest BCUT2D eigenvalue weighted by Gasteiger charge is -2.30. The molecule has 1 aromatic carbocycles. The largest absolute Gasteiger partial charge is 0.481 e. The van der Waals surface area contributed by atoms with Crippen LogP contribution in [0.1, 0.15) is 28.8 Å². The highest BCUT2D eigenvalue weighted by Gasteiger charge is 2.28. The number of piperidine rings is 1. The molecule has 108 valence electrons. The zero-order chi connectivity index (χ0) is 14.5. The molecule has 1 atom stereocenters. The predicted molar refractivity (Wildman–Crippen MR) is 73.4 cm³/mol. The van der Waals surface area contributed by atoms with Gasteiger partial charge in [0.2, 0.25) is 0 Å². The maximum absolute atomic E-state index is 12.3. The van der Waals surface area contributed by atoms with E-state index in [1.54, 1.807) is 24.1 Å². The second-order valence-corrected chi connectivity index (χ2v) is 5.06. The normalized spacial score (nSPS) is 18.9. The first-order valence-corrected chi connectivity index (χ1v) is 6.71. The highest BCUT2D eigenvalue weighted by atomic mass is 16.5. The van der Waals surface area contributed by atoms with Crippen molar-refractivity contribution < 1.29 is 19.4 Å². The minimum absolute atomic E-state index is 0.0973. The summed E-state index contributed by atoms with van der Waals surface area (Å²) in [6.07, 6.45) is 1.39. The zero-order valence-electron chi connectivity index (χ0n) is 11.5. The molecular formula is C15H19NO4. The van der Waals surface area contributed by atoms with Crippen LogP contribution in [0, 0.1) is 5.92 Å². The third-order valence-electron chi connectivity index (χ3n) is 3.57. The fraction of sp³-hybridized carbons (Fsp3) is 0.467. The van der Waals surface area contributed by atoms with Gasteiger partial charge >= 0.3 is 5.97 Å². The molecule has 0 saturated carbocycles. The molecule has 20 heavy (non-hydrogen) atoms. The molecule has 1 heterocycles. The van der Waals surface area contributed by atoms with Gasteiger partial charge in [-0.25, -0.2) is 0 Å². The van der Waals surface area contributed by atoms with E-state index in [0.717, 1.165) is 12.0 Å². The second kappa shape index (κ2) is 6.52.